The van der Waals surface area contributed by atoms with Crippen molar-refractivity contribution < 1.29 is 14.4 Å². The molecular formula is C27H27ClN4O3. The zero-order chi connectivity index (χ0) is 24.6. The van der Waals surface area contributed by atoms with Crippen LogP contribution in [-0.4, -0.2) is 61.9 Å². The molecule has 3 aromatic carbocycles. The molecule has 0 radical (unpaired) electrons. The van der Waals surface area contributed by atoms with E-state index in [1.807, 2.05) is 66.7 Å². The van der Waals surface area contributed by atoms with E-state index in [1.165, 1.54) is 0 Å². The van der Waals surface area contributed by atoms with Crippen molar-refractivity contribution in [2.45, 2.75) is 0 Å². The van der Waals surface area contributed by atoms with Crippen LogP contribution in [0.3, 0.4) is 0 Å². The van der Waals surface area contributed by atoms with Crippen LogP contribution in [0.15, 0.2) is 78.9 Å². The van der Waals surface area contributed by atoms with Crippen molar-refractivity contribution in [1.82, 2.24) is 15.5 Å². The van der Waals surface area contributed by atoms with Crippen LogP contribution in [-0.2, 0) is 9.59 Å². The lowest BCUT2D eigenvalue weighted by Crippen LogP contribution is -2.51. The molecule has 0 aromatic heterocycles. The topological polar surface area (TPSA) is 81.8 Å². The van der Waals surface area contributed by atoms with Crippen molar-refractivity contribution >= 4 is 35.0 Å². The Morgan fingerprint density at radius 1 is 0.743 bits per heavy atom. The summed E-state index contributed by atoms with van der Waals surface area (Å²) < 4.78 is 0. The molecule has 7 nitrogen and oxygen atoms in total. The summed E-state index contributed by atoms with van der Waals surface area (Å²) in [6.07, 6.45) is 0. The number of piperazine rings is 1. The summed E-state index contributed by atoms with van der Waals surface area (Å²) in [5.74, 6) is -0.902. The van der Waals surface area contributed by atoms with E-state index < -0.39 is 5.91 Å². The van der Waals surface area contributed by atoms with Gasteiger partial charge in [0.2, 0.25) is 11.8 Å². The summed E-state index contributed by atoms with van der Waals surface area (Å²) in [6, 6.07) is 24.7. The quantitative estimate of drug-likeness (QED) is 0.533. The third-order valence-corrected chi connectivity index (χ3v) is 6.14. The maximum atomic E-state index is 12.5. The van der Waals surface area contributed by atoms with E-state index in [0.29, 0.717) is 36.8 Å². The summed E-state index contributed by atoms with van der Waals surface area (Å²) in [5, 5.41) is 5.87. The monoisotopic (exact) mass is 490 g/mol. The number of halogens is 1. The average molecular weight is 491 g/mol. The Labute approximate surface area is 209 Å². The molecule has 3 amide bonds. The number of benzene rings is 3. The molecular weight excluding hydrogens is 464 g/mol. The van der Waals surface area contributed by atoms with Gasteiger partial charge in [0.15, 0.2) is 0 Å². The third kappa shape index (κ3) is 6.61. The second-order valence-electron chi connectivity index (χ2n) is 8.25. The zero-order valence-electron chi connectivity index (χ0n) is 19.2. The van der Waals surface area contributed by atoms with Gasteiger partial charge in [-0.2, -0.15) is 0 Å². The minimum Gasteiger partial charge on any atom is -0.368 e. The molecule has 1 aliphatic heterocycles. The Kier molecular flexibility index (Phi) is 8.00. The van der Waals surface area contributed by atoms with Gasteiger partial charge in [0.05, 0.1) is 13.1 Å². The molecule has 0 bridgehead atoms. The standard InChI is InChI=1S/C27H27ClN4O3/c28-23-7-4-8-24(17-23)31-13-15-32(16-14-31)26(34)19-29-25(33)18-30-27(35)22-11-9-21(10-12-22)20-5-2-1-3-6-20/h1-12,17H,13-16,18-19H2,(H,29,33)(H,30,35). The highest BCUT2D eigenvalue weighted by molar-refractivity contribution is 6.30. The third-order valence-electron chi connectivity index (χ3n) is 5.91. The SMILES string of the molecule is O=C(CNC(=O)c1ccc(-c2ccccc2)cc1)NCC(=O)N1CCN(c2cccc(Cl)c2)CC1. The zero-order valence-corrected chi connectivity index (χ0v) is 20.0. The maximum Gasteiger partial charge on any atom is 0.251 e. The van der Waals surface area contributed by atoms with Crippen LogP contribution in [0.1, 0.15) is 10.4 Å². The van der Waals surface area contributed by atoms with Gasteiger partial charge in [-0.25, -0.2) is 0 Å². The van der Waals surface area contributed by atoms with Gasteiger partial charge in [0, 0.05) is 42.5 Å². The number of nitrogens with zero attached hydrogens (tertiary/aromatic N) is 2. The molecule has 180 valence electrons. The van der Waals surface area contributed by atoms with Gasteiger partial charge in [0.25, 0.3) is 5.91 Å². The molecule has 1 fully saturated rings. The summed E-state index contributed by atoms with van der Waals surface area (Å²) in [6.45, 7) is 2.22. The number of carbonyl (C=O) groups is 3. The van der Waals surface area contributed by atoms with E-state index in [4.69, 9.17) is 11.6 Å². The maximum absolute atomic E-state index is 12.5. The summed E-state index contributed by atoms with van der Waals surface area (Å²) >= 11 is 6.07. The van der Waals surface area contributed by atoms with Gasteiger partial charge >= 0.3 is 0 Å². The molecule has 4 rings (SSSR count). The van der Waals surface area contributed by atoms with E-state index in [0.717, 1.165) is 16.8 Å². The van der Waals surface area contributed by atoms with E-state index in [2.05, 4.69) is 15.5 Å². The predicted molar refractivity (Wildman–Crippen MR) is 137 cm³/mol. The number of carbonyl (C=O) groups excluding carboxylic acids is 3. The van der Waals surface area contributed by atoms with Gasteiger partial charge in [0.1, 0.15) is 0 Å². The van der Waals surface area contributed by atoms with Crippen LogP contribution >= 0.6 is 11.6 Å². The summed E-state index contributed by atoms with van der Waals surface area (Å²) in [5.41, 5.74) is 3.57. The van der Waals surface area contributed by atoms with Crippen LogP contribution in [0, 0.1) is 0 Å². The highest BCUT2D eigenvalue weighted by Gasteiger charge is 2.21. The van der Waals surface area contributed by atoms with Gasteiger partial charge in [-0.15, -0.1) is 0 Å². The fraction of sp³-hybridized carbons (Fsp3) is 0.222. The van der Waals surface area contributed by atoms with Crippen LogP contribution in [0.2, 0.25) is 5.02 Å². The first-order valence-electron chi connectivity index (χ1n) is 11.5. The van der Waals surface area contributed by atoms with E-state index in [1.54, 1.807) is 17.0 Å². The van der Waals surface area contributed by atoms with Crippen molar-refractivity contribution in [3.8, 4) is 11.1 Å². The smallest absolute Gasteiger partial charge is 0.251 e. The molecule has 0 saturated carbocycles. The van der Waals surface area contributed by atoms with Gasteiger partial charge in [-0.1, -0.05) is 60.1 Å². The lowest BCUT2D eigenvalue weighted by molar-refractivity contribution is -0.132. The van der Waals surface area contributed by atoms with Crippen LogP contribution < -0.4 is 15.5 Å². The molecule has 35 heavy (non-hydrogen) atoms. The number of anilines is 1. The van der Waals surface area contributed by atoms with Crippen LogP contribution in [0.4, 0.5) is 5.69 Å². The number of nitrogens with one attached hydrogen (secondary N) is 2. The lowest BCUT2D eigenvalue weighted by atomic mass is 10.0. The van der Waals surface area contributed by atoms with E-state index in [-0.39, 0.29) is 24.9 Å². The predicted octanol–water partition coefficient (Wildman–Crippen LogP) is 3.20. The van der Waals surface area contributed by atoms with Crippen LogP contribution in [0.25, 0.3) is 11.1 Å². The van der Waals surface area contributed by atoms with Crippen molar-refractivity contribution in [2.24, 2.45) is 0 Å². The molecule has 2 N–H and O–H groups in total. The first-order chi connectivity index (χ1) is 17.0. The van der Waals surface area contributed by atoms with Gasteiger partial charge in [-0.3, -0.25) is 14.4 Å². The molecule has 0 atom stereocenters. The molecule has 1 aliphatic rings. The first kappa shape index (κ1) is 24.3. The first-order valence-corrected chi connectivity index (χ1v) is 11.9. The van der Waals surface area contributed by atoms with E-state index in [9.17, 15) is 14.4 Å². The molecule has 1 heterocycles. The molecule has 0 spiro atoms. The lowest BCUT2D eigenvalue weighted by Gasteiger charge is -2.36. The van der Waals surface area contributed by atoms with Crippen molar-refractivity contribution in [1.29, 1.82) is 0 Å². The number of rotatable bonds is 7. The van der Waals surface area contributed by atoms with Gasteiger partial charge in [-0.05, 0) is 41.5 Å². The Morgan fingerprint density at radius 3 is 2.11 bits per heavy atom. The molecule has 3 aromatic rings. The normalized spacial score (nSPS) is 13.3. The molecule has 0 unspecified atom stereocenters. The van der Waals surface area contributed by atoms with Crippen molar-refractivity contribution in [3.63, 3.8) is 0 Å². The summed E-state index contributed by atoms with van der Waals surface area (Å²) in [7, 11) is 0. The molecule has 0 aliphatic carbocycles. The Bertz CT molecular complexity index is 1180. The van der Waals surface area contributed by atoms with E-state index >= 15 is 0 Å². The van der Waals surface area contributed by atoms with Crippen molar-refractivity contribution in [3.05, 3.63) is 89.4 Å². The Hall–Kier alpha value is -3.84. The number of hydrogen-bond donors (Lipinski definition) is 2. The van der Waals surface area contributed by atoms with Gasteiger partial charge < -0.3 is 20.4 Å². The Morgan fingerprint density at radius 2 is 1.43 bits per heavy atom. The second kappa shape index (κ2) is 11.5. The fourth-order valence-corrected chi connectivity index (χ4v) is 4.13. The Balaban J connectivity index is 1.17. The number of amides is 3. The highest BCUT2D eigenvalue weighted by atomic mass is 35.5. The average Bonchev–Trinajstić information content (AvgIpc) is 2.91. The largest absolute Gasteiger partial charge is 0.368 e. The highest BCUT2D eigenvalue weighted by Crippen LogP contribution is 2.21. The van der Waals surface area contributed by atoms with Crippen molar-refractivity contribution in [2.75, 3.05) is 44.2 Å². The molecule has 1 saturated heterocycles. The molecule has 8 heteroatoms. The minimum absolute atomic E-state index is 0.0996. The number of hydrogen-bond acceptors (Lipinski definition) is 4. The summed E-state index contributed by atoms with van der Waals surface area (Å²) in [4.78, 5) is 40.9. The second-order valence-corrected chi connectivity index (χ2v) is 8.69. The minimum atomic E-state index is -0.412. The fourth-order valence-electron chi connectivity index (χ4n) is 3.94. The van der Waals surface area contributed by atoms with Crippen LogP contribution in [0.5, 0.6) is 0 Å².